The summed E-state index contributed by atoms with van der Waals surface area (Å²) in [6, 6.07) is 8.60. The fourth-order valence-corrected chi connectivity index (χ4v) is 2.91. The van der Waals surface area contributed by atoms with E-state index in [1.807, 2.05) is 0 Å². The third-order valence-corrected chi connectivity index (χ3v) is 3.45. The van der Waals surface area contributed by atoms with Crippen LogP contribution in [0.3, 0.4) is 0 Å². The summed E-state index contributed by atoms with van der Waals surface area (Å²) >= 11 is 0. The second kappa shape index (κ2) is 6.95. The number of hydrogen-bond acceptors (Lipinski definition) is 2. The van der Waals surface area contributed by atoms with E-state index in [0.29, 0.717) is 18.4 Å². The Morgan fingerprint density at radius 2 is 1.47 bits per heavy atom. The lowest BCUT2D eigenvalue weighted by Gasteiger charge is -2.38. The first-order valence-electron chi connectivity index (χ1n) is 7.42. The fraction of sp³-hybridized carbons (Fsp3) is 0.647. The number of anilines is 1. The number of hydrogen-bond donors (Lipinski definition) is 2. The Labute approximate surface area is 118 Å². The highest BCUT2D eigenvalue weighted by atomic mass is 15.0. The standard InChI is InChI=1S/C17H30N2/c1-13(2)10-17(12-18,11-14(3)4)19-16-8-6-15(5)7-9-16/h6-9,13-14,19H,10-12,18H2,1-5H3. The summed E-state index contributed by atoms with van der Waals surface area (Å²) in [5, 5.41) is 3.71. The largest absolute Gasteiger partial charge is 0.378 e. The summed E-state index contributed by atoms with van der Waals surface area (Å²) in [6.07, 6.45) is 2.21. The predicted molar refractivity (Wildman–Crippen MR) is 85.5 cm³/mol. The van der Waals surface area contributed by atoms with Crippen LogP contribution in [0, 0.1) is 18.8 Å². The van der Waals surface area contributed by atoms with Crippen LogP contribution in [-0.4, -0.2) is 12.1 Å². The second-order valence-corrected chi connectivity index (χ2v) is 6.67. The molecule has 0 aliphatic heterocycles. The van der Waals surface area contributed by atoms with Crippen molar-refractivity contribution in [2.75, 3.05) is 11.9 Å². The van der Waals surface area contributed by atoms with Gasteiger partial charge in [-0.25, -0.2) is 0 Å². The summed E-state index contributed by atoms with van der Waals surface area (Å²) in [6.45, 7) is 11.9. The lowest BCUT2D eigenvalue weighted by molar-refractivity contribution is 0.317. The zero-order valence-electron chi connectivity index (χ0n) is 13.2. The van der Waals surface area contributed by atoms with Gasteiger partial charge in [-0.2, -0.15) is 0 Å². The van der Waals surface area contributed by atoms with Gasteiger partial charge in [0.15, 0.2) is 0 Å². The van der Waals surface area contributed by atoms with Crippen molar-refractivity contribution in [3.8, 4) is 0 Å². The molecule has 0 heterocycles. The number of nitrogens with two attached hydrogens (primary N) is 1. The van der Waals surface area contributed by atoms with Crippen LogP contribution in [0.15, 0.2) is 24.3 Å². The maximum Gasteiger partial charge on any atom is 0.0500 e. The van der Waals surface area contributed by atoms with Crippen molar-refractivity contribution in [2.45, 2.75) is 53.0 Å². The highest BCUT2D eigenvalue weighted by Crippen LogP contribution is 2.28. The second-order valence-electron chi connectivity index (χ2n) is 6.67. The molecule has 19 heavy (non-hydrogen) atoms. The van der Waals surface area contributed by atoms with Crippen molar-refractivity contribution in [3.05, 3.63) is 29.8 Å². The van der Waals surface area contributed by atoms with E-state index >= 15 is 0 Å². The monoisotopic (exact) mass is 262 g/mol. The van der Waals surface area contributed by atoms with Crippen molar-refractivity contribution in [1.82, 2.24) is 0 Å². The third kappa shape index (κ3) is 5.23. The first-order valence-corrected chi connectivity index (χ1v) is 7.42. The molecule has 3 N–H and O–H groups in total. The van der Waals surface area contributed by atoms with E-state index in [2.05, 4.69) is 64.2 Å². The van der Waals surface area contributed by atoms with Gasteiger partial charge in [0, 0.05) is 12.2 Å². The highest BCUT2D eigenvalue weighted by Gasteiger charge is 2.30. The van der Waals surface area contributed by atoms with Gasteiger partial charge in [0.1, 0.15) is 0 Å². The normalized spacial score (nSPS) is 12.2. The number of aryl methyl sites for hydroxylation is 1. The first kappa shape index (κ1) is 16.0. The summed E-state index contributed by atoms with van der Waals surface area (Å²) in [5.74, 6) is 1.28. The number of benzene rings is 1. The van der Waals surface area contributed by atoms with Crippen LogP contribution < -0.4 is 11.1 Å². The third-order valence-electron chi connectivity index (χ3n) is 3.45. The molecule has 2 heteroatoms. The molecule has 0 aromatic heterocycles. The molecule has 0 amide bonds. The topological polar surface area (TPSA) is 38.0 Å². The van der Waals surface area contributed by atoms with E-state index < -0.39 is 0 Å². The van der Waals surface area contributed by atoms with Crippen molar-refractivity contribution < 1.29 is 0 Å². The Morgan fingerprint density at radius 1 is 1.00 bits per heavy atom. The minimum atomic E-state index is 0.0115. The number of nitrogens with one attached hydrogen (secondary N) is 1. The maximum atomic E-state index is 6.12. The molecule has 0 atom stereocenters. The molecule has 0 spiro atoms. The van der Waals surface area contributed by atoms with Gasteiger partial charge in [-0.15, -0.1) is 0 Å². The Hall–Kier alpha value is -1.02. The molecule has 0 fully saturated rings. The molecule has 0 aliphatic rings. The fourth-order valence-electron chi connectivity index (χ4n) is 2.91. The molecule has 0 unspecified atom stereocenters. The number of rotatable bonds is 7. The van der Waals surface area contributed by atoms with E-state index in [9.17, 15) is 0 Å². The van der Waals surface area contributed by atoms with Gasteiger partial charge in [-0.1, -0.05) is 45.4 Å². The van der Waals surface area contributed by atoms with Crippen LogP contribution in [0.1, 0.15) is 46.1 Å². The van der Waals surface area contributed by atoms with Crippen LogP contribution in [0.2, 0.25) is 0 Å². The molecule has 108 valence electrons. The SMILES string of the molecule is Cc1ccc(NC(CN)(CC(C)C)CC(C)C)cc1. The summed E-state index contributed by atoms with van der Waals surface area (Å²) in [4.78, 5) is 0. The summed E-state index contributed by atoms with van der Waals surface area (Å²) in [7, 11) is 0. The minimum absolute atomic E-state index is 0.0115. The lowest BCUT2D eigenvalue weighted by atomic mass is 9.81. The van der Waals surface area contributed by atoms with Crippen molar-refractivity contribution in [1.29, 1.82) is 0 Å². The van der Waals surface area contributed by atoms with Crippen LogP contribution in [0.5, 0.6) is 0 Å². The molecule has 0 saturated heterocycles. The van der Waals surface area contributed by atoms with Crippen molar-refractivity contribution in [2.24, 2.45) is 17.6 Å². The Kier molecular flexibility index (Phi) is 5.86. The molecule has 0 saturated carbocycles. The smallest absolute Gasteiger partial charge is 0.0500 e. The molecule has 0 aliphatic carbocycles. The van der Waals surface area contributed by atoms with Gasteiger partial charge in [0.2, 0.25) is 0 Å². The van der Waals surface area contributed by atoms with E-state index in [1.165, 1.54) is 11.3 Å². The summed E-state index contributed by atoms with van der Waals surface area (Å²) < 4.78 is 0. The predicted octanol–water partition coefficient (Wildman–Crippen LogP) is 4.20. The van der Waals surface area contributed by atoms with Gasteiger partial charge in [-0.3, -0.25) is 0 Å². The van der Waals surface area contributed by atoms with Crippen LogP contribution in [-0.2, 0) is 0 Å². The van der Waals surface area contributed by atoms with Gasteiger partial charge < -0.3 is 11.1 Å². The van der Waals surface area contributed by atoms with Crippen LogP contribution >= 0.6 is 0 Å². The average Bonchev–Trinajstić information content (AvgIpc) is 2.30. The Balaban J connectivity index is 2.91. The van der Waals surface area contributed by atoms with Gasteiger partial charge >= 0.3 is 0 Å². The zero-order valence-corrected chi connectivity index (χ0v) is 13.2. The first-order chi connectivity index (χ1) is 8.87. The maximum absolute atomic E-state index is 6.12. The van der Waals surface area contributed by atoms with E-state index in [4.69, 9.17) is 5.73 Å². The Bertz CT molecular complexity index is 355. The van der Waals surface area contributed by atoms with E-state index in [0.717, 1.165) is 12.8 Å². The van der Waals surface area contributed by atoms with Gasteiger partial charge in [0.25, 0.3) is 0 Å². The van der Waals surface area contributed by atoms with E-state index in [1.54, 1.807) is 0 Å². The molecular formula is C17H30N2. The molecule has 0 radical (unpaired) electrons. The minimum Gasteiger partial charge on any atom is -0.378 e. The molecule has 1 aromatic carbocycles. The average molecular weight is 262 g/mol. The molecular weight excluding hydrogens is 232 g/mol. The Morgan fingerprint density at radius 3 is 1.84 bits per heavy atom. The highest BCUT2D eigenvalue weighted by molar-refractivity contribution is 5.47. The molecule has 2 nitrogen and oxygen atoms in total. The van der Waals surface area contributed by atoms with Gasteiger partial charge in [0.05, 0.1) is 5.54 Å². The van der Waals surface area contributed by atoms with Crippen molar-refractivity contribution in [3.63, 3.8) is 0 Å². The van der Waals surface area contributed by atoms with Gasteiger partial charge in [-0.05, 0) is 43.7 Å². The quantitative estimate of drug-likeness (QED) is 0.773. The van der Waals surface area contributed by atoms with Crippen molar-refractivity contribution >= 4 is 5.69 Å². The van der Waals surface area contributed by atoms with E-state index in [-0.39, 0.29) is 5.54 Å². The zero-order chi connectivity index (χ0) is 14.5. The van der Waals surface area contributed by atoms with Crippen LogP contribution in [0.4, 0.5) is 5.69 Å². The molecule has 1 rings (SSSR count). The lowest BCUT2D eigenvalue weighted by Crippen LogP contribution is -2.47. The molecule has 1 aromatic rings. The summed E-state index contributed by atoms with van der Waals surface area (Å²) in [5.41, 5.74) is 8.60. The molecule has 0 bridgehead atoms. The van der Waals surface area contributed by atoms with Crippen LogP contribution in [0.25, 0.3) is 0 Å².